The lowest BCUT2D eigenvalue weighted by molar-refractivity contribution is -0.124. The van der Waals surface area contributed by atoms with Crippen LogP contribution in [0.1, 0.15) is 26.7 Å². The fraction of sp³-hybridized carbons (Fsp3) is 0.500. The molecule has 1 aliphatic heterocycles. The third kappa shape index (κ3) is 3.69. The van der Waals surface area contributed by atoms with Crippen molar-refractivity contribution < 1.29 is 17.9 Å². The van der Waals surface area contributed by atoms with Crippen molar-refractivity contribution in [2.75, 3.05) is 25.0 Å². The van der Waals surface area contributed by atoms with Crippen LogP contribution in [0.2, 0.25) is 0 Å². The van der Waals surface area contributed by atoms with Gasteiger partial charge in [0.1, 0.15) is 6.10 Å². The number of aromatic nitrogens is 1. The Hall–Kier alpha value is -1.55. The number of anilines is 1. The summed E-state index contributed by atoms with van der Waals surface area (Å²) in [7, 11) is -3.51. The second kappa shape index (κ2) is 7.36. The van der Waals surface area contributed by atoms with E-state index in [1.54, 1.807) is 18.2 Å². The summed E-state index contributed by atoms with van der Waals surface area (Å²) < 4.78 is 32.7. The molecule has 7 nitrogen and oxygen atoms in total. The highest BCUT2D eigenvalue weighted by molar-refractivity contribution is 7.89. The lowest BCUT2D eigenvalue weighted by Gasteiger charge is -2.18. The number of thiazole rings is 1. The molecule has 1 amide bonds. The molecule has 9 heteroatoms. The van der Waals surface area contributed by atoms with E-state index in [0.717, 1.165) is 11.1 Å². The van der Waals surface area contributed by atoms with Crippen LogP contribution in [0.4, 0.5) is 5.13 Å². The number of hydrogen-bond donors (Lipinski definition) is 1. The molecule has 1 saturated heterocycles. The lowest BCUT2D eigenvalue weighted by Crippen LogP contribution is -2.30. The smallest absolute Gasteiger partial charge is 0.255 e. The van der Waals surface area contributed by atoms with Crippen molar-refractivity contribution in [1.29, 1.82) is 0 Å². The minimum atomic E-state index is -3.51. The third-order valence-corrected chi connectivity index (χ3v) is 7.13. The van der Waals surface area contributed by atoms with E-state index in [9.17, 15) is 13.2 Å². The minimum absolute atomic E-state index is 0.201. The van der Waals surface area contributed by atoms with Crippen molar-refractivity contribution in [3.63, 3.8) is 0 Å². The van der Waals surface area contributed by atoms with Crippen molar-refractivity contribution in [1.82, 2.24) is 9.29 Å². The molecule has 25 heavy (non-hydrogen) atoms. The Morgan fingerprint density at radius 2 is 2.16 bits per heavy atom. The molecule has 1 atom stereocenters. The van der Waals surface area contributed by atoms with Gasteiger partial charge in [-0.05, 0) is 31.0 Å². The summed E-state index contributed by atoms with van der Waals surface area (Å²) in [5.74, 6) is -0.201. The van der Waals surface area contributed by atoms with Crippen LogP contribution >= 0.6 is 11.3 Å². The number of carbonyl (C=O) groups excluding carboxylic acids is 1. The van der Waals surface area contributed by atoms with Crippen molar-refractivity contribution in [2.24, 2.45) is 0 Å². The zero-order chi connectivity index (χ0) is 18.0. The molecule has 2 aromatic rings. The topological polar surface area (TPSA) is 88.6 Å². The molecule has 136 valence electrons. The Kier molecular flexibility index (Phi) is 5.38. The summed E-state index contributed by atoms with van der Waals surface area (Å²) in [5.41, 5.74) is 0.658. The summed E-state index contributed by atoms with van der Waals surface area (Å²) in [6.07, 6.45) is 1.17. The first-order valence-corrected chi connectivity index (χ1v) is 10.5. The van der Waals surface area contributed by atoms with Gasteiger partial charge in [0.2, 0.25) is 10.0 Å². The van der Waals surface area contributed by atoms with Gasteiger partial charge in [0.25, 0.3) is 5.91 Å². The molecule has 1 unspecified atom stereocenters. The van der Waals surface area contributed by atoms with E-state index in [2.05, 4.69) is 10.3 Å². The molecule has 0 radical (unpaired) electrons. The maximum atomic E-state index is 12.6. The van der Waals surface area contributed by atoms with Gasteiger partial charge in [-0.25, -0.2) is 13.4 Å². The van der Waals surface area contributed by atoms with Crippen molar-refractivity contribution in [3.05, 3.63) is 18.2 Å². The van der Waals surface area contributed by atoms with Gasteiger partial charge in [-0.1, -0.05) is 25.2 Å². The van der Waals surface area contributed by atoms with Gasteiger partial charge in [-0.15, -0.1) is 0 Å². The largest absolute Gasteiger partial charge is 0.368 e. The number of hydrogen-bond acceptors (Lipinski definition) is 6. The van der Waals surface area contributed by atoms with Crippen LogP contribution in [0.15, 0.2) is 23.1 Å². The molecular weight excluding hydrogens is 362 g/mol. The number of benzene rings is 1. The Morgan fingerprint density at radius 1 is 1.40 bits per heavy atom. The maximum absolute atomic E-state index is 12.6. The quantitative estimate of drug-likeness (QED) is 0.828. The standard InChI is InChI=1S/C16H21N3O4S2/c1-3-19(4-2)25(21,22)11-7-8-12-14(10-11)24-16(17-12)18-15(20)13-6-5-9-23-13/h7-8,10,13H,3-6,9H2,1-2H3,(H,17,18,20). The second-order valence-electron chi connectivity index (χ2n) is 5.73. The van der Waals surface area contributed by atoms with Gasteiger partial charge in [-0.3, -0.25) is 10.1 Å². The number of ether oxygens (including phenoxy) is 1. The predicted molar refractivity (Wildman–Crippen MR) is 97.3 cm³/mol. The number of carbonyl (C=O) groups is 1. The van der Waals surface area contributed by atoms with Crippen molar-refractivity contribution >= 4 is 42.6 Å². The molecule has 1 N–H and O–H groups in total. The van der Waals surface area contributed by atoms with Gasteiger partial charge < -0.3 is 4.74 Å². The van der Waals surface area contributed by atoms with E-state index in [-0.39, 0.29) is 10.8 Å². The van der Waals surface area contributed by atoms with Gasteiger partial charge in [0.05, 0.1) is 15.1 Å². The van der Waals surface area contributed by atoms with Gasteiger partial charge in [0, 0.05) is 19.7 Å². The minimum Gasteiger partial charge on any atom is -0.368 e. The molecule has 1 aromatic heterocycles. The average molecular weight is 383 g/mol. The Bertz CT molecular complexity index is 869. The number of fused-ring (bicyclic) bond motifs is 1. The monoisotopic (exact) mass is 383 g/mol. The van der Waals surface area contributed by atoms with E-state index in [1.807, 2.05) is 13.8 Å². The zero-order valence-corrected chi connectivity index (χ0v) is 15.8. The highest BCUT2D eigenvalue weighted by Crippen LogP contribution is 2.29. The molecule has 0 aliphatic carbocycles. The summed E-state index contributed by atoms with van der Waals surface area (Å²) in [4.78, 5) is 16.7. The van der Waals surface area contributed by atoms with Crippen molar-refractivity contribution in [3.8, 4) is 0 Å². The molecule has 0 spiro atoms. The summed E-state index contributed by atoms with van der Waals surface area (Å²) in [6, 6.07) is 4.84. The molecular formula is C16H21N3O4S2. The molecule has 1 aromatic carbocycles. The fourth-order valence-corrected chi connectivity index (χ4v) is 5.27. The molecule has 0 saturated carbocycles. The summed E-state index contributed by atoms with van der Waals surface area (Å²) in [5, 5.41) is 3.21. The van der Waals surface area contributed by atoms with Crippen LogP contribution in [-0.2, 0) is 19.6 Å². The van der Waals surface area contributed by atoms with Gasteiger partial charge >= 0.3 is 0 Å². The normalized spacial score (nSPS) is 18.1. The van der Waals surface area contributed by atoms with E-state index < -0.39 is 16.1 Å². The van der Waals surface area contributed by atoms with E-state index in [1.165, 1.54) is 15.6 Å². The molecule has 3 rings (SSSR count). The Labute approximate surface area is 151 Å². The predicted octanol–water partition coefficient (Wildman–Crippen LogP) is 2.44. The Morgan fingerprint density at radius 3 is 2.80 bits per heavy atom. The average Bonchev–Trinajstić information content (AvgIpc) is 3.24. The SMILES string of the molecule is CCN(CC)S(=O)(=O)c1ccc2nc(NC(=O)C3CCCO3)sc2c1. The zero-order valence-electron chi connectivity index (χ0n) is 14.2. The number of nitrogens with one attached hydrogen (secondary N) is 1. The van der Waals surface area contributed by atoms with Crippen LogP contribution in [0.5, 0.6) is 0 Å². The number of rotatable bonds is 6. The number of amides is 1. The molecule has 2 heterocycles. The Balaban J connectivity index is 1.85. The first kappa shape index (κ1) is 18.2. The summed E-state index contributed by atoms with van der Waals surface area (Å²) >= 11 is 1.26. The molecule has 1 fully saturated rings. The van der Waals surface area contributed by atoms with E-state index >= 15 is 0 Å². The highest BCUT2D eigenvalue weighted by atomic mass is 32.2. The lowest BCUT2D eigenvalue weighted by atomic mass is 10.2. The molecule has 0 bridgehead atoms. The number of sulfonamides is 1. The summed E-state index contributed by atoms with van der Waals surface area (Å²) in [6.45, 7) is 5.06. The van der Waals surface area contributed by atoms with E-state index in [0.29, 0.717) is 36.8 Å². The first-order valence-electron chi connectivity index (χ1n) is 8.29. The van der Waals surface area contributed by atoms with Crippen LogP contribution in [0.3, 0.4) is 0 Å². The van der Waals surface area contributed by atoms with Gasteiger partial charge in [0.15, 0.2) is 5.13 Å². The molecule has 1 aliphatic rings. The fourth-order valence-electron chi connectivity index (χ4n) is 2.80. The van der Waals surface area contributed by atoms with Crippen LogP contribution in [0.25, 0.3) is 10.2 Å². The maximum Gasteiger partial charge on any atom is 0.255 e. The second-order valence-corrected chi connectivity index (χ2v) is 8.70. The van der Waals surface area contributed by atoms with Crippen molar-refractivity contribution in [2.45, 2.75) is 37.7 Å². The van der Waals surface area contributed by atoms with Crippen LogP contribution in [-0.4, -0.2) is 49.4 Å². The van der Waals surface area contributed by atoms with E-state index in [4.69, 9.17) is 4.74 Å². The van der Waals surface area contributed by atoms with Crippen LogP contribution < -0.4 is 5.32 Å². The number of nitrogens with zero attached hydrogens (tertiary/aromatic N) is 2. The van der Waals surface area contributed by atoms with Gasteiger partial charge in [-0.2, -0.15) is 4.31 Å². The first-order chi connectivity index (χ1) is 12.0. The third-order valence-electron chi connectivity index (χ3n) is 4.16. The van der Waals surface area contributed by atoms with Crippen LogP contribution in [0, 0.1) is 0 Å². The highest BCUT2D eigenvalue weighted by Gasteiger charge is 2.25.